The van der Waals surface area contributed by atoms with Crippen molar-refractivity contribution in [2.75, 3.05) is 12.8 Å². The number of halogens is 1. The van der Waals surface area contributed by atoms with Crippen molar-refractivity contribution < 1.29 is 4.74 Å². The first-order valence-electron chi connectivity index (χ1n) is 4.77. The number of anilines is 1. The third-order valence-electron chi connectivity index (χ3n) is 2.27. The summed E-state index contributed by atoms with van der Waals surface area (Å²) in [6.45, 7) is 0. The van der Waals surface area contributed by atoms with Gasteiger partial charge >= 0.3 is 0 Å². The van der Waals surface area contributed by atoms with Crippen LogP contribution in [0.5, 0.6) is 5.88 Å². The van der Waals surface area contributed by atoms with Gasteiger partial charge in [0, 0.05) is 28.0 Å². The van der Waals surface area contributed by atoms with Gasteiger partial charge in [0.15, 0.2) is 0 Å². The van der Waals surface area contributed by atoms with Crippen LogP contribution in [0.1, 0.15) is 0 Å². The zero-order chi connectivity index (χ0) is 11.5. The minimum Gasteiger partial charge on any atom is -0.481 e. The average Bonchev–Trinajstić information content (AvgIpc) is 2.32. The second-order valence-electron chi connectivity index (χ2n) is 3.29. The van der Waals surface area contributed by atoms with Crippen LogP contribution in [0.4, 0.5) is 5.69 Å². The number of benzene rings is 1. The molecule has 2 N–H and O–H groups in total. The van der Waals surface area contributed by atoms with Gasteiger partial charge in [-0.1, -0.05) is 11.6 Å². The summed E-state index contributed by atoms with van der Waals surface area (Å²) >= 11 is 5.95. The molecule has 1 heterocycles. The molecule has 16 heavy (non-hydrogen) atoms. The quantitative estimate of drug-likeness (QED) is 0.813. The smallest absolute Gasteiger partial charge is 0.221 e. The van der Waals surface area contributed by atoms with Crippen LogP contribution in [0.25, 0.3) is 11.1 Å². The van der Waals surface area contributed by atoms with Crippen LogP contribution in [-0.4, -0.2) is 12.1 Å². The summed E-state index contributed by atoms with van der Waals surface area (Å²) < 4.78 is 5.18. The number of nitrogens with two attached hydrogens (primary N) is 1. The highest BCUT2D eigenvalue weighted by Crippen LogP contribution is 2.33. The third kappa shape index (κ3) is 1.95. The molecule has 2 rings (SSSR count). The van der Waals surface area contributed by atoms with E-state index in [2.05, 4.69) is 4.98 Å². The van der Waals surface area contributed by atoms with Gasteiger partial charge in [0.2, 0.25) is 5.88 Å². The van der Waals surface area contributed by atoms with Crippen molar-refractivity contribution in [3.8, 4) is 17.0 Å². The Bertz CT molecular complexity index is 514. The van der Waals surface area contributed by atoms with Gasteiger partial charge in [0.1, 0.15) is 0 Å². The molecule has 0 amide bonds. The zero-order valence-corrected chi connectivity index (χ0v) is 9.53. The maximum absolute atomic E-state index is 5.95. The van der Waals surface area contributed by atoms with Crippen molar-refractivity contribution in [3.05, 3.63) is 41.6 Å². The molecule has 0 atom stereocenters. The Morgan fingerprint density at radius 3 is 2.81 bits per heavy atom. The molecule has 0 bridgehead atoms. The van der Waals surface area contributed by atoms with Crippen molar-refractivity contribution in [2.45, 2.75) is 0 Å². The number of pyridine rings is 1. The Labute approximate surface area is 98.8 Å². The van der Waals surface area contributed by atoms with Crippen molar-refractivity contribution in [1.82, 2.24) is 4.98 Å². The molecule has 0 aliphatic heterocycles. The van der Waals surface area contributed by atoms with Gasteiger partial charge in [-0.05, 0) is 30.3 Å². The van der Waals surface area contributed by atoms with Crippen LogP contribution < -0.4 is 10.5 Å². The van der Waals surface area contributed by atoms with Crippen LogP contribution >= 0.6 is 11.6 Å². The molecule has 0 aliphatic carbocycles. The predicted molar refractivity (Wildman–Crippen MR) is 65.6 cm³/mol. The highest BCUT2D eigenvalue weighted by atomic mass is 35.5. The van der Waals surface area contributed by atoms with E-state index in [1.165, 1.54) is 0 Å². The largest absolute Gasteiger partial charge is 0.481 e. The minimum atomic E-state index is 0.538. The standard InChI is InChI=1S/C12H11ClN2O/c1-16-12-9(3-2-6-15-12)10-7-8(13)4-5-11(10)14/h2-7H,14H2,1H3. The van der Waals surface area contributed by atoms with E-state index < -0.39 is 0 Å². The predicted octanol–water partition coefficient (Wildman–Crippen LogP) is 2.99. The van der Waals surface area contributed by atoms with E-state index in [0.29, 0.717) is 16.6 Å². The number of methoxy groups -OCH3 is 1. The lowest BCUT2D eigenvalue weighted by Crippen LogP contribution is -1.94. The van der Waals surface area contributed by atoms with Crippen molar-refractivity contribution in [3.63, 3.8) is 0 Å². The lowest BCUT2D eigenvalue weighted by atomic mass is 10.1. The maximum atomic E-state index is 5.95. The highest BCUT2D eigenvalue weighted by Gasteiger charge is 2.09. The van der Waals surface area contributed by atoms with E-state index in [1.54, 1.807) is 31.5 Å². The van der Waals surface area contributed by atoms with Gasteiger partial charge in [-0.3, -0.25) is 0 Å². The Kier molecular flexibility index (Phi) is 2.97. The molecule has 1 aromatic carbocycles. The van der Waals surface area contributed by atoms with Crippen LogP contribution in [0, 0.1) is 0 Å². The first kappa shape index (κ1) is 10.8. The molecular formula is C12H11ClN2O. The van der Waals surface area contributed by atoms with Crippen LogP contribution in [-0.2, 0) is 0 Å². The van der Waals surface area contributed by atoms with Gasteiger partial charge in [-0.2, -0.15) is 0 Å². The average molecular weight is 235 g/mol. The van der Waals surface area contributed by atoms with E-state index in [4.69, 9.17) is 22.1 Å². The fraction of sp³-hybridized carbons (Fsp3) is 0.0833. The number of aromatic nitrogens is 1. The number of rotatable bonds is 2. The second kappa shape index (κ2) is 4.41. The Hall–Kier alpha value is -1.74. The summed E-state index contributed by atoms with van der Waals surface area (Å²) in [6.07, 6.45) is 1.67. The fourth-order valence-electron chi connectivity index (χ4n) is 1.52. The zero-order valence-electron chi connectivity index (χ0n) is 8.77. The SMILES string of the molecule is COc1ncccc1-c1cc(Cl)ccc1N. The first-order chi connectivity index (χ1) is 7.72. The second-order valence-corrected chi connectivity index (χ2v) is 3.73. The molecule has 0 radical (unpaired) electrons. The van der Waals surface area contributed by atoms with Gasteiger partial charge in [0.05, 0.1) is 7.11 Å². The van der Waals surface area contributed by atoms with Crippen molar-refractivity contribution in [1.29, 1.82) is 0 Å². The van der Waals surface area contributed by atoms with Gasteiger partial charge in [-0.25, -0.2) is 4.98 Å². The monoisotopic (exact) mass is 234 g/mol. The number of hydrogen-bond acceptors (Lipinski definition) is 3. The molecule has 0 saturated carbocycles. The van der Waals surface area contributed by atoms with Crippen molar-refractivity contribution >= 4 is 17.3 Å². The number of hydrogen-bond donors (Lipinski definition) is 1. The molecule has 3 nitrogen and oxygen atoms in total. The maximum Gasteiger partial charge on any atom is 0.221 e. The summed E-state index contributed by atoms with van der Waals surface area (Å²) in [7, 11) is 1.58. The lowest BCUT2D eigenvalue weighted by Gasteiger charge is -2.09. The summed E-state index contributed by atoms with van der Waals surface area (Å²) in [5.41, 5.74) is 8.22. The minimum absolute atomic E-state index is 0.538. The van der Waals surface area contributed by atoms with Gasteiger partial charge in [-0.15, -0.1) is 0 Å². The van der Waals surface area contributed by atoms with Gasteiger partial charge in [0.25, 0.3) is 0 Å². The molecular weight excluding hydrogens is 224 g/mol. The van der Waals surface area contributed by atoms with E-state index in [9.17, 15) is 0 Å². The number of nitrogen functional groups attached to an aromatic ring is 1. The molecule has 0 saturated heterocycles. The van der Waals surface area contributed by atoms with Crippen LogP contribution in [0.15, 0.2) is 36.5 Å². The molecule has 0 unspecified atom stereocenters. The highest BCUT2D eigenvalue weighted by molar-refractivity contribution is 6.31. The van der Waals surface area contributed by atoms with Crippen molar-refractivity contribution in [2.24, 2.45) is 0 Å². The first-order valence-corrected chi connectivity index (χ1v) is 5.14. The van der Waals surface area contributed by atoms with E-state index in [0.717, 1.165) is 11.1 Å². The molecule has 0 fully saturated rings. The van der Waals surface area contributed by atoms with Crippen LogP contribution in [0.2, 0.25) is 5.02 Å². The fourth-order valence-corrected chi connectivity index (χ4v) is 1.69. The Morgan fingerprint density at radius 2 is 2.06 bits per heavy atom. The van der Waals surface area contributed by atoms with Crippen LogP contribution in [0.3, 0.4) is 0 Å². The van der Waals surface area contributed by atoms with Gasteiger partial charge < -0.3 is 10.5 Å². The topological polar surface area (TPSA) is 48.1 Å². The molecule has 4 heteroatoms. The Balaban J connectivity index is 2.62. The molecule has 2 aromatic rings. The summed E-state index contributed by atoms with van der Waals surface area (Å²) in [5, 5.41) is 0.634. The van der Waals surface area contributed by atoms with E-state index in [-0.39, 0.29) is 0 Å². The normalized spacial score (nSPS) is 10.1. The van der Waals surface area contributed by atoms with E-state index >= 15 is 0 Å². The van der Waals surface area contributed by atoms with E-state index in [1.807, 2.05) is 12.1 Å². The summed E-state index contributed by atoms with van der Waals surface area (Å²) in [6, 6.07) is 9.05. The summed E-state index contributed by atoms with van der Waals surface area (Å²) in [4.78, 5) is 4.12. The third-order valence-corrected chi connectivity index (χ3v) is 2.51. The molecule has 1 aromatic heterocycles. The number of nitrogens with zero attached hydrogens (tertiary/aromatic N) is 1. The lowest BCUT2D eigenvalue weighted by molar-refractivity contribution is 0.399. The molecule has 0 aliphatic rings. The molecule has 82 valence electrons. The Morgan fingerprint density at radius 1 is 1.25 bits per heavy atom. The molecule has 0 spiro atoms. The summed E-state index contributed by atoms with van der Waals surface area (Å²) in [5.74, 6) is 0.538. The number of ether oxygens (including phenoxy) is 1.